The van der Waals surface area contributed by atoms with E-state index < -0.39 is 23.5 Å². The number of carbonyl (C=O) groups excluding carboxylic acids is 2. The summed E-state index contributed by atoms with van der Waals surface area (Å²) in [6.07, 6.45) is 11.8. The molecule has 5 heterocycles. The Hall–Kier alpha value is -7.71. The Morgan fingerprint density at radius 3 is 1.76 bits per heavy atom. The first kappa shape index (κ1) is 57.6. The van der Waals surface area contributed by atoms with Crippen LogP contribution < -0.4 is 16.0 Å². The Balaban J connectivity index is 0.000000204. The molecule has 0 aliphatic heterocycles. The first-order valence-corrected chi connectivity index (χ1v) is 25.9. The van der Waals surface area contributed by atoms with Crippen LogP contribution >= 0.6 is 22.7 Å². The third-order valence-corrected chi connectivity index (χ3v) is 14.0. The molecule has 5 aromatic heterocycles. The van der Waals surface area contributed by atoms with Gasteiger partial charge in [0, 0.05) is 73.3 Å². The van der Waals surface area contributed by atoms with Crippen LogP contribution in [0, 0.1) is 25.5 Å². The zero-order chi connectivity index (χ0) is 55.7. The van der Waals surface area contributed by atoms with E-state index in [1.54, 1.807) is 53.3 Å². The van der Waals surface area contributed by atoms with Crippen molar-refractivity contribution in [3.63, 3.8) is 0 Å². The minimum Gasteiger partial charge on any atom is -0.477 e. The number of aryl methyl sites for hydroxylation is 5. The third-order valence-electron chi connectivity index (χ3n) is 11.2. The highest BCUT2D eigenvalue weighted by Gasteiger charge is 2.22. The standard InChI is InChI=1S/C25H27FN6OS.C23H27FN4O2.C8H11NO2S/c1-15-10-17(22-19(26)12-28-24(31-22)30-18-11-29-32(5)14-18)7-6-16(15)8-9-20(33)21-13-27-23(34-21)25(2,3)4;1-15-10-16(6-7-17(15)12-25-22(29)30-23(2,3)4)20-11-18(8-9-21(20)24)27-19-13-26-28(5)14-19;1-8(2,3)7-9-4-5(12-7)6(10)11/h6-7,10-14H,8-9H2,1-5H3,(H,28,30,31);6-11,13-14,27H,12H2,1-5H3,(H,25,29);4H,1-3H3,(H,10,11). The van der Waals surface area contributed by atoms with Crippen LogP contribution in [0.2, 0.25) is 0 Å². The summed E-state index contributed by atoms with van der Waals surface area (Å²) in [4.78, 5) is 52.9. The van der Waals surface area contributed by atoms with Gasteiger partial charge in [-0.1, -0.05) is 71.9 Å². The second-order valence-electron chi connectivity index (χ2n) is 21.1. The number of hydrogen-bond donors (Lipinski definition) is 4. The van der Waals surface area contributed by atoms with E-state index in [-0.39, 0.29) is 34.1 Å². The number of rotatable bonds is 13. The fourth-order valence-corrected chi connectivity index (χ4v) is 8.98. The molecule has 20 heteroatoms. The molecule has 16 nitrogen and oxygen atoms in total. The van der Waals surface area contributed by atoms with E-state index in [1.807, 2.05) is 105 Å². The molecular formula is C56H65F2N11O5S2. The third kappa shape index (κ3) is 16.4. The smallest absolute Gasteiger partial charge is 0.407 e. The van der Waals surface area contributed by atoms with Crippen LogP contribution in [-0.4, -0.2) is 68.1 Å². The van der Waals surface area contributed by atoms with Crippen molar-refractivity contribution in [2.75, 3.05) is 10.6 Å². The maximum atomic E-state index is 14.5. The number of benzene rings is 3. The normalized spacial score (nSPS) is 11.5. The molecule has 0 radical (unpaired) electrons. The Morgan fingerprint density at radius 1 is 0.658 bits per heavy atom. The van der Waals surface area contributed by atoms with E-state index in [4.69, 9.17) is 9.84 Å². The highest BCUT2D eigenvalue weighted by molar-refractivity contribution is 7.14. The van der Waals surface area contributed by atoms with Gasteiger partial charge in [-0.3, -0.25) is 14.2 Å². The first-order valence-electron chi connectivity index (χ1n) is 24.3. The van der Waals surface area contributed by atoms with Crippen molar-refractivity contribution in [3.8, 4) is 22.4 Å². The first-order chi connectivity index (χ1) is 35.6. The number of aromatic carboxylic acids is 1. The number of Topliss-reactive ketones (excluding diaryl/α,β-unsaturated/α-hetero) is 1. The number of nitrogens with zero attached hydrogens (tertiary/aromatic N) is 8. The number of aromatic nitrogens is 8. The van der Waals surface area contributed by atoms with Gasteiger partial charge in [0.05, 0.1) is 51.1 Å². The van der Waals surface area contributed by atoms with Crippen molar-refractivity contribution in [2.45, 2.75) is 112 Å². The predicted molar refractivity (Wildman–Crippen MR) is 296 cm³/mol. The van der Waals surface area contributed by atoms with Gasteiger partial charge in [0.2, 0.25) is 5.95 Å². The predicted octanol–water partition coefficient (Wildman–Crippen LogP) is 13.1. The lowest BCUT2D eigenvalue weighted by Gasteiger charge is -2.20. The molecule has 0 unspecified atom stereocenters. The van der Waals surface area contributed by atoms with Gasteiger partial charge in [-0.2, -0.15) is 10.2 Å². The Kier molecular flexibility index (Phi) is 18.4. The molecule has 4 N–H and O–H groups in total. The van der Waals surface area contributed by atoms with Crippen LogP contribution in [0.4, 0.5) is 36.6 Å². The van der Waals surface area contributed by atoms with Gasteiger partial charge < -0.3 is 25.8 Å². The molecule has 0 saturated heterocycles. The zero-order valence-corrected chi connectivity index (χ0v) is 46.7. The molecule has 8 aromatic rings. The molecule has 1 amide bonds. The molecule has 0 saturated carbocycles. The average molecular weight is 1070 g/mol. The topological polar surface area (TPSA) is 204 Å². The number of carbonyl (C=O) groups is 3. The number of halogens is 2. The number of carboxylic acid groups (broad SMARTS) is 1. The van der Waals surface area contributed by atoms with Crippen LogP contribution in [0.3, 0.4) is 0 Å². The molecule has 3 aromatic carbocycles. The van der Waals surface area contributed by atoms with E-state index >= 15 is 0 Å². The number of thiazole rings is 2. The number of alkyl carbamates (subject to hydrolysis) is 1. The SMILES string of the molecule is CC(C)(C)c1ncc(C(=O)O)s1.Cc1cc(-c2cc(Nc3cnn(C)c3)ccc2F)ccc1CNC(=O)OC(C)(C)C.Cc1cc(-c2nc(Nc3cnn(C)c3)ncc2F)ccc1CCC(=O)c1cnc(C(C)(C)C)s1. The van der Waals surface area contributed by atoms with Gasteiger partial charge in [-0.05, 0) is 93.1 Å². The van der Waals surface area contributed by atoms with E-state index in [9.17, 15) is 23.2 Å². The van der Waals surface area contributed by atoms with Gasteiger partial charge in [0.25, 0.3) is 0 Å². The second-order valence-corrected chi connectivity index (χ2v) is 23.1. The summed E-state index contributed by atoms with van der Waals surface area (Å²) >= 11 is 2.70. The van der Waals surface area contributed by atoms with Crippen LogP contribution in [0.1, 0.15) is 120 Å². The summed E-state index contributed by atoms with van der Waals surface area (Å²) in [6, 6.07) is 16.2. The Bertz CT molecular complexity index is 3320. The highest BCUT2D eigenvalue weighted by Crippen LogP contribution is 2.32. The van der Waals surface area contributed by atoms with Crippen LogP contribution in [0.25, 0.3) is 22.4 Å². The maximum absolute atomic E-state index is 14.5. The summed E-state index contributed by atoms with van der Waals surface area (Å²) in [5.74, 6) is -1.33. The Labute approximate surface area is 450 Å². The van der Waals surface area contributed by atoms with Gasteiger partial charge in [0.1, 0.15) is 22.0 Å². The zero-order valence-electron chi connectivity index (χ0n) is 45.1. The van der Waals surface area contributed by atoms with Crippen molar-refractivity contribution in [1.29, 1.82) is 0 Å². The van der Waals surface area contributed by atoms with Crippen LogP contribution in [-0.2, 0) is 42.6 Å². The quantitative estimate of drug-likeness (QED) is 0.0795. The van der Waals surface area contributed by atoms with Gasteiger partial charge >= 0.3 is 12.1 Å². The molecule has 0 fully saturated rings. The number of nitrogens with one attached hydrogen (secondary N) is 3. The maximum Gasteiger partial charge on any atom is 0.407 e. The average Bonchev–Trinajstić information content (AvgIpc) is 4.18. The lowest BCUT2D eigenvalue weighted by Crippen LogP contribution is -2.32. The van der Waals surface area contributed by atoms with Gasteiger partial charge in [-0.15, -0.1) is 22.7 Å². The second kappa shape index (κ2) is 24.3. The number of hydrogen-bond acceptors (Lipinski definition) is 14. The molecule has 0 aliphatic rings. The minimum atomic E-state index is -0.900. The van der Waals surface area contributed by atoms with Crippen molar-refractivity contribution in [3.05, 3.63) is 152 Å². The van der Waals surface area contributed by atoms with E-state index in [0.29, 0.717) is 46.0 Å². The minimum absolute atomic E-state index is 0.0572. The van der Waals surface area contributed by atoms with Crippen molar-refractivity contribution < 1.29 is 33.0 Å². The number of anilines is 4. The molecule has 76 heavy (non-hydrogen) atoms. The van der Waals surface area contributed by atoms with Crippen molar-refractivity contribution in [2.24, 2.45) is 14.1 Å². The molecular weight excluding hydrogens is 1010 g/mol. The molecule has 0 bridgehead atoms. The van der Waals surface area contributed by atoms with Crippen molar-refractivity contribution in [1.82, 2.24) is 44.8 Å². The number of carboxylic acids is 1. The fraction of sp³-hybridized carbons (Fsp3) is 0.339. The number of ketones is 1. The Morgan fingerprint density at radius 2 is 1.22 bits per heavy atom. The monoisotopic (exact) mass is 1070 g/mol. The lowest BCUT2D eigenvalue weighted by molar-refractivity contribution is 0.0522. The summed E-state index contributed by atoms with van der Waals surface area (Å²) in [5, 5.41) is 27.7. The lowest BCUT2D eigenvalue weighted by atomic mass is 9.98. The van der Waals surface area contributed by atoms with E-state index in [1.165, 1.54) is 34.9 Å². The van der Waals surface area contributed by atoms with Crippen LogP contribution in [0.5, 0.6) is 0 Å². The summed E-state index contributed by atoms with van der Waals surface area (Å²) in [6.45, 7) is 22.0. The summed E-state index contributed by atoms with van der Waals surface area (Å²) in [5.41, 5.74) is 7.68. The van der Waals surface area contributed by atoms with Gasteiger partial charge in [0.15, 0.2) is 11.6 Å². The van der Waals surface area contributed by atoms with E-state index in [2.05, 4.69) is 66.9 Å². The molecule has 400 valence electrons. The van der Waals surface area contributed by atoms with Gasteiger partial charge in [-0.25, -0.2) is 38.3 Å². The molecule has 0 spiro atoms. The number of amides is 1. The molecule has 0 aliphatic carbocycles. The summed E-state index contributed by atoms with van der Waals surface area (Å²) in [7, 11) is 3.64. The summed E-state index contributed by atoms with van der Waals surface area (Å²) < 4.78 is 37.7. The molecule has 0 atom stereocenters. The number of ether oxygens (including phenoxy) is 1. The largest absolute Gasteiger partial charge is 0.477 e. The van der Waals surface area contributed by atoms with Crippen molar-refractivity contribution >= 4 is 63.5 Å². The van der Waals surface area contributed by atoms with Crippen LogP contribution in [0.15, 0.2) is 98.0 Å². The molecule has 8 rings (SSSR count). The fourth-order valence-electron chi connectivity index (χ4n) is 7.23. The highest BCUT2D eigenvalue weighted by atomic mass is 32.1. The van der Waals surface area contributed by atoms with E-state index in [0.717, 1.165) is 55.4 Å².